The summed E-state index contributed by atoms with van der Waals surface area (Å²) in [6, 6.07) is 5.89. The molecule has 0 radical (unpaired) electrons. The van der Waals surface area contributed by atoms with E-state index in [4.69, 9.17) is 0 Å². The van der Waals surface area contributed by atoms with Crippen LogP contribution in [-0.2, 0) is 9.84 Å². The van der Waals surface area contributed by atoms with E-state index < -0.39 is 9.84 Å². The summed E-state index contributed by atoms with van der Waals surface area (Å²) >= 11 is 1.46. The minimum Gasteiger partial charge on any atom is -0.362 e. The Balaban J connectivity index is 1.78. The molecular formula is C16H12FN3O2S2. The molecule has 2 aromatic heterocycles. The number of aromatic nitrogens is 2. The fourth-order valence-electron chi connectivity index (χ4n) is 2.67. The van der Waals surface area contributed by atoms with Gasteiger partial charge in [0.15, 0.2) is 9.84 Å². The van der Waals surface area contributed by atoms with Crippen molar-refractivity contribution in [1.82, 2.24) is 9.97 Å². The quantitative estimate of drug-likeness (QED) is 0.775. The molecule has 1 aromatic carbocycles. The van der Waals surface area contributed by atoms with Crippen LogP contribution < -0.4 is 5.32 Å². The molecule has 3 heterocycles. The average Bonchev–Trinajstić information content (AvgIpc) is 3.12. The lowest BCUT2D eigenvalue weighted by molar-refractivity contribution is 0.605. The van der Waals surface area contributed by atoms with Crippen LogP contribution in [0.4, 0.5) is 10.2 Å². The maximum Gasteiger partial charge on any atom is 0.173 e. The fourth-order valence-corrected chi connectivity index (χ4v) is 4.82. The third kappa shape index (κ3) is 2.78. The van der Waals surface area contributed by atoms with Gasteiger partial charge in [0.2, 0.25) is 0 Å². The van der Waals surface area contributed by atoms with Gasteiger partial charge in [0, 0.05) is 16.4 Å². The van der Waals surface area contributed by atoms with Crippen LogP contribution in [0.25, 0.3) is 21.3 Å². The van der Waals surface area contributed by atoms with Gasteiger partial charge in [-0.2, -0.15) is 0 Å². The van der Waals surface area contributed by atoms with Crippen LogP contribution in [0.15, 0.2) is 47.5 Å². The number of nitrogens with zero attached hydrogens (tertiary/aromatic N) is 2. The van der Waals surface area contributed by atoms with E-state index >= 15 is 0 Å². The Morgan fingerprint density at radius 3 is 2.71 bits per heavy atom. The van der Waals surface area contributed by atoms with Crippen molar-refractivity contribution < 1.29 is 12.8 Å². The van der Waals surface area contributed by atoms with Gasteiger partial charge in [-0.25, -0.2) is 22.8 Å². The van der Waals surface area contributed by atoms with Gasteiger partial charge in [-0.3, -0.25) is 0 Å². The first-order valence-corrected chi connectivity index (χ1v) is 9.77. The molecule has 5 nitrogen and oxygen atoms in total. The van der Waals surface area contributed by atoms with Crippen LogP contribution in [0.1, 0.15) is 0 Å². The number of anilines is 1. The number of sulfone groups is 1. The monoisotopic (exact) mass is 361 g/mol. The zero-order valence-electron chi connectivity index (χ0n) is 12.3. The smallest absolute Gasteiger partial charge is 0.173 e. The molecule has 0 saturated carbocycles. The predicted molar refractivity (Wildman–Crippen MR) is 93.1 cm³/mol. The van der Waals surface area contributed by atoms with Gasteiger partial charge < -0.3 is 5.32 Å². The zero-order valence-corrected chi connectivity index (χ0v) is 13.9. The number of halogens is 1. The Kier molecular flexibility index (Phi) is 3.58. The van der Waals surface area contributed by atoms with Gasteiger partial charge in [-0.1, -0.05) is 12.1 Å². The molecule has 0 aliphatic carbocycles. The molecule has 0 unspecified atom stereocenters. The van der Waals surface area contributed by atoms with E-state index in [1.807, 2.05) is 5.38 Å². The van der Waals surface area contributed by atoms with Gasteiger partial charge >= 0.3 is 0 Å². The summed E-state index contributed by atoms with van der Waals surface area (Å²) in [7, 11) is -3.15. The number of fused-ring (bicyclic) bond motifs is 1. The molecule has 8 heteroatoms. The summed E-state index contributed by atoms with van der Waals surface area (Å²) in [6.45, 7) is 0. The zero-order chi connectivity index (χ0) is 16.7. The Labute approximate surface area is 141 Å². The van der Waals surface area contributed by atoms with E-state index in [1.54, 1.807) is 18.2 Å². The number of nitrogens with one attached hydrogen (secondary N) is 1. The molecule has 1 aliphatic heterocycles. The lowest BCUT2D eigenvalue weighted by Crippen LogP contribution is -2.21. The standard InChI is InChI=1S/C16H12FN3O2S2/c17-11-3-1-10(2-4-11)13-7-23-16-14(13)15(18-9-19-16)20-12-5-6-24(21,22)8-12/h1-7,9,12H,8H2,(H,18,19,20)/t12-/m1/s1. The molecule has 0 saturated heterocycles. The molecule has 0 amide bonds. The van der Waals surface area contributed by atoms with Crippen LogP contribution in [0.3, 0.4) is 0 Å². The summed E-state index contributed by atoms with van der Waals surface area (Å²) in [4.78, 5) is 9.33. The summed E-state index contributed by atoms with van der Waals surface area (Å²) in [5.74, 6) is 0.288. The number of rotatable bonds is 3. The third-order valence-electron chi connectivity index (χ3n) is 3.78. The first kappa shape index (κ1) is 15.2. The Morgan fingerprint density at radius 2 is 2.00 bits per heavy atom. The van der Waals surface area contributed by atoms with Crippen molar-refractivity contribution >= 4 is 37.2 Å². The van der Waals surface area contributed by atoms with Crippen LogP contribution in [0, 0.1) is 5.82 Å². The van der Waals surface area contributed by atoms with E-state index in [0.29, 0.717) is 5.82 Å². The molecule has 4 rings (SSSR count). The normalized spacial score (nSPS) is 19.0. The second-order valence-electron chi connectivity index (χ2n) is 5.47. The predicted octanol–water partition coefficient (Wildman–Crippen LogP) is 3.22. The second-order valence-corrected chi connectivity index (χ2v) is 8.26. The molecule has 1 aliphatic rings. The van der Waals surface area contributed by atoms with Gasteiger partial charge in [0.05, 0.1) is 17.2 Å². The maximum absolute atomic E-state index is 13.2. The topological polar surface area (TPSA) is 72.0 Å². The molecular weight excluding hydrogens is 349 g/mol. The molecule has 3 aromatic rings. The van der Waals surface area contributed by atoms with E-state index in [2.05, 4.69) is 15.3 Å². The summed E-state index contributed by atoms with van der Waals surface area (Å²) in [6.07, 6.45) is 3.07. The van der Waals surface area contributed by atoms with Crippen molar-refractivity contribution in [2.24, 2.45) is 0 Å². The van der Waals surface area contributed by atoms with Crippen molar-refractivity contribution in [3.8, 4) is 11.1 Å². The molecule has 0 fully saturated rings. The highest BCUT2D eigenvalue weighted by molar-refractivity contribution is 7.94. The highest BCUT2D eigenvalue weighted by Crippen LogP contribution is 2.36. The molecule has 0 spiro atoms. The Bertz CT molecular complexity index is 1040. The first-order chi connectivity index (χ1) is 11.5. The highest BCUT2D eigenvalue weighted by Gasteiger charge is 2.23. The first-order valence-electron chi connectivity index (χ1n) is 7.17. The van der Waals surface area contributed by atoms with Gasteiger partial charge in [0.25, 0.3) is 0 Å². The van der Waals surface area contributed by atoms with E-state index in [1.165, 1.54) is 35.2 Å². The molecule has 1 N–H and O–H groups in total. The van der Waals surface area contributed by atoms with Crippen LogP contribution in [-0.4, -0.2) is 30.2 Å². The van der Waals surface area contributed by atoms with Crippen LogP contribution >= 0.6 is 11.3 Å². The van der Waals surface area contributed by atoms with Crippen molar-refractivity contribution in [1.29, 1.82) is 0 Å². The van der Waals surface area contributed by atoms with Gasteiger partial charge in [-0.05, 0) is 23.8 Å². The lowest BCUT2D eigenvalue weighted by Gasteiger charge is -2.12. The number of hydrogen-bond donors (Lipinski definition) is 1. The lowest BCUT2D eigenvalue weighted by atomic mass is 10.1. The minimum absolute atomic E-state index is 0.00845. The molecule has 122 valence electrons. The third-order valence-corrected chi connectivity index (χ3v) is 6.06. The summed E-state index contributed by atoms with van der Waals surface area (Å²) in [5, 5.41) is 7.14. The number of benzene rings is 1. The van der Waals surface area contributed by atoms with E-state index in [0.717, 1.165) is 21.3 Å². The highest BCUT2D eigenvalue weighted by atomic mass is 32.2. The van der Waals surface area contributed by atoms with Crippen LogP contribution in [0.5, 0.6) is 0 Å². The van der Waals surface area contributed by atoms with Crippen molar-refractivity contribution in [2.75, 3.05) is 11.1 Å². The molecule has 0 bridgehead atoms. The van der Waals surface area contributed by atoms with Crippen LogP contribution in [0.2, 0.25) is 0 Å². The van der Waals surface area contributed by atoms with Gasteiger partial charge in [0.1, 0.15) is 22.8 Å². The Hall–Kier alpha value is -2.32. The molecule has 1 atom stereocenters. The van der Waals surface area contributed by atoms with Gasteiger partial charge in [-0.15, -0.1) is 11.3 Å². The minimum atomic E-state index is -3.15. The number of thiophene rings is 1. The largest absolute Gasteiger partial charge is 0.362 e. The summed E-state index contributed by atoms with van der Waals surface area (Å²) < 4.78 is 36.3. The second kappa shape index (κ2) is 5.64. The van der Waals surface area contributed by atoms with Crippen molar-refractivity contribution in [3.63, 3.8) is 0 Å². The van der Waals surface area contributed by atoms with Crippen molar-refractivity contribution in [3.05, 3.63) is 53.3 Å². The van der Waals surface area contributed by atoms with E-state index in [9.17, 15) is 12.8 Å². The van der Waals surface area contributed by atoms with Crippen molar-refractivity contribution in [2.45, 2.75) is 6.04 Å². The molecule has 24 heavy (non-hydrogen) atoms. The average molecular weight is 361 g/mol. The fraction of sp³-hybridized carbons (Fsp3) is 0.125. The Morgan fingerprint density at radius 1 is 1.21 bits per heavy atom. The maximum atomic E-state index is 13.2. The number of hydrogen-bond acceptors (Lipinski definition) is 6. The SMILES string of the molecule is O=S1(=O)C=C[C@@H](Nc2ncnc3scc(-c4ccc(F)cc4)c23)C1. The summed E-state index contributed by atoms with van der Waals surface area (Å²) in [5.41, 5.74) is 1.75. The van der Waals surface area contributed by atoms with E-state index in [-0.39, 0.29) is 17.6 Å².